The van der Waals surface area contributed by atoms with Crippen molar-refractivity contribution < 1.29 is 13.2 Å². The third-order valence-corrected chi connectivity index (χ3v) is 6.68. The van der Waals surface area contributed by atoms with Crippen molar-refractivity contribution in [1.82, 2.24) is 29.5 Å². The van der Waals surface area contributed by atoms with Crippen LogP contribution in [0.25, 0.3) is 11.5 Å². The van der Waals surface area contributed by atoms with E-state index in [1.165, 1.54) is 9.10 Å². The van der Waals surface area contributed by atoms with Gasteiger partial charge in [0, 0.05) is 18.8 Å². The first-order valence-corrected chi connectivity index (χ1v) is 10.4. The first kappa shape index (κ1) is 18.5. The van der Waals surface area contributed by atoms with Gasteiger partial charge in [0.15, 0.2) is 0 Å². The number of sulfonamides is 1. The van der Waals surface area contributed by atoms with E-state index in [-0.39, 0.29) is 10.9 Å². The SMILES string of the molecule is COc1ccc(S(=O)(=O)N2CCC[C@@H]2Cn2nnc(-c3ccccn3)n2)cc1. The van der Waals surface area contributed by atoms with E-state index in [2.05, 4.69) is 20.4 Å². The van der Waals surface area contributed by atoms with E-state index in [9.17, 15) is 8.42 Å². The quantitative estimate of drug-likeness (QED) is 0.619. The number of hydrogen-bond acceptors (Lipinski definition) is 7. The van der Waals surface area contributed by atoms with Gasteiger partial charge in [-0.05, 0) is 54.5 Å². The summed E-state index contributed by atoms with van der Waals surface area (Å²) in [6.45, 7) is 0.816. The van der Waals surface area contributed by atoms with Crippen molar-refractivity contribution in [3.63, 3.8) is 0 Å². The number of ether oxygens (including phenoxy) is 1. The van der Waals surface area contributed by atoms with Gasteiger partial charge in [0.25, 0.3) is 0 Å². The van der Waals surface area contributed by atoms with E-state index >= 15 is 0 Å². The highest BCUT2D eigenvalue weighted by molar-refractivity contribution is 7.89. The number of benzene rings is 1. The average molecular weight is 400 g/mol. The van der Waals surface area contributed by atoms with Gasteiger partial charge in [-0.1, -0.05) is 6.07 Å². The van der Waals surface area contributed by atoms with Crippen LogP contribution in [0.3, 0.4) is 0 Å². The zero-order valence-corrected chi connectivity index (χ0v) is 16.2. The van der Waals surface area contributed by atoms with E-state index in [0.717, 1.165) is 12.8 Å². The summed E-state index contributed by atoms with van der Waals surface area (Å²) in [4.78, 5) is 5.90. The van der Waals surface area contributed by atoms with Crippen LogP contribution in [0.15, 0.2) is 53.6 Å². The fourth-order valence-corrected chi connectivity index (χ4v) is 4.98. The predicted molar refractivity (Wildman–Crippen MR) is 101 cm³/mol. The lowest BCUT2D eigenvalue weighted by Crippen LogP contribution is -2.38. The number of hydrogen-bond donors (Lipinski definition) is 0. The van der Waals surface area contributed by atoms with Crippen LogP contribution in [0, 0.1) is 0 Å². The maximum atomic E-state index is 13.1. The Labute approximate surface area is 163 Å². The molecule has 9 nitrogen and oxygen atoms in total. The van der Waals surface area contributed by atoms with Crippen LogP contribution >= 0.6 is 0 Å². The zero-order valence-electron chi connectivity index (χ0n) is 15.3. The first-order chi connectivity index (χ1) is 13.6. The highest BCUT2D eigenvalue weighted by Crippen LogP contribution is 2.28. The first-order valence-electron chi connectivity index (χ1n) is 8.93. The Bertz CT molecular complexity index is 1040. The monoisotopic (exact) mass is 400 g/mol. The number of rotatable bonds is 6. The Morgan fingerprint density at radius 1 is 1.18 bits per heavy atom. The largest absolute Gasteiger partial charge is 0.497 e. The second kappa shape index (κ2) is 7.64. The molecule has 0 spiro atoms. The molecular formula is C18H20N6O3S. The summed E-state index contributed by atoms with van der Waals surface area (Å²) in [5, 5.41) is 12.4. The summed E-state index contributed by atoms with van der Waals surface area (Å²) in [6, 6.07) is 11.7. The van der Waals surface area contributed by atoms with Gasteiger partial charge in [-0.2, -0.15) is 9.10 Å². The normalized spacial score (nSPS) is 17.7. The lowest BCUT2D eigenvalue weighted by Gasteiger charge is -2.23. The summed E-state index contributed by atoms with van der Waals surface area (Å²) in [5.41, 5.74) is 0.628. The molecule has 1 saturated heterocycles. The van der Waals surface area contributed by atoms with Gasteiger partial charge in [-0.15, -0.1) is 10.2 Å². The van der Waals surface area contributed by atoms with Gasteiger partial charge in [0.05, 0.1) is 18.6 Å². The van der Waals surface area contributed by atoms with E-state index in [4.69, 9.17) is 4.74 Å². The maximum Gasteiger partial charge on any atom is 0.243 e. The Hall–Kier alpha value is -2.85. The van der Waals surface area contributed by atoms with Gasteiger partial charge in [-0.25, -0.2) is 8.42 Å². The van der Waals surface area contributed by atoms with Crippen molar-refractivity contribution in [2.45, 2.75) is 30.3 Å². The number of pyridine rings is 1. The molecule has 1 aliphatic rings. The molecule has 0 aliphatic carbocycles. The molecule has 10 heteroatoms. The molecular weight excluding hydrogens is 380 g/mol. The summed E-state index contributed by atoms with van der Waals surface area (Å²) < 4.78 is 32.8. The van der Waals surface area contributed by atoms with E-state index < -0.39 is 10.0 Å². The van der Waals surface area contributed by atoms with Crippen LogP contribution in [-0.2, 0) is 16.6 Å². The maximum absolute atomic E-state index is 13.1. The topological polar surface area (TPSA) is 103 Å². The van der Waals surface area contributed by atoms with Gasteiger partial charge in [0.2, 0.25) is 15.8 Å². The standard InChI is InChI=1S/C18H20N6O3S/c1-27-15-7-9-16(10-8-15)28(25,26)23-12-4-5-14(23)13-24-21-18(20-22-24)17-6-2-3-11-19-17/h2-3,6-11,14H,4-5,12-13H2,1H3/t14-/m1/s1. The molecule has 0 unspecified atom stereocenters. The summed E-state index contributed by atoms with van der Waals surface area (Å²) in [6.07, 6.45) is 3.20. The number of nitrogens with zero attached hydrogens (tertiary/aromatic N) is 6. The number of methoxy groups -OCH3 is 1. The lowest BCUT2D eigenvalue weighted by molar-refractivity contribution is 0.323. The molecule has 1 atom stereocenters. The summed E-state index contributed by atoms with van der Waals surface area (Å²) in [5.74, 6) is 1.04. The fraction of sp³-hybridized carbons (Fsp3) is 0.333. The second-order valence-corrected chi connectivity index (χ2v) is 8.36. The van der Waals surface area contributed by atoms with Crippen LogP contribution in [0.5, 0.6) is 5.75 Å². The van der Waals surface area contributed by atoms with Crippen molar-refractivity contribution in [2.75, 3.05) is 13.7 Å². The van der Waals surface area contributed by atoms with Gasteiger partial charge in [0.1, 0.15) is 11.4 Å². The van der Waals surface area contributed by atoms with E-state index in [1.54, 1.807) is 43.6 Å². The van der Waals surface area contributed by atoms with Gasteiger partial charge in [-0.3, -0.25) is 4.98 Å². The summed E-state index contributed by atoms with van der Waals surface area (Å²) in [7, 11) is -2.06. The fourth-order valence-electron chi connectivity index (χ4n) is 3.30. The third kappa shape index (κ3) is 3.60. The molecule has 1 aliphatic heterocycles. The van der Waals surface area contributed by atoms with Crippen LogP contribution in [0.1, 0.15) is 12.8 Å². The molecule has 28 heavy (non-hydrogen) atoms. The van der Waals surface area contributed by atoms with Crippen molar-refractivity contribution in [3.8, 4) is 17.3 Å². The smallest absolute Gasteiger partial charge is 0.243 e. The minimum absolute atomic E-state index is 0.224. The highest BCUT2D eigenvalue weighted by Gasteiger charge is 2.36. The number of tetrazole rings is 1. The molecule has 3 aromatic rings. The Kier molecular flexibility index (Phi) is 5.05. The van der Waals surface area contributed by atoms with Crippen molar-refractivity contribution in [3.05, 3.63) is 48.7 Å². The van der Waals surface area contributed by atoms with Crippen LogP contribution < -0.4 is 4.74 Å². The average Bonchev–Trinajstić information content (AvgIpc) is 3.39. The Morgan fingerprint density at radius 3 is 2.71 bits per heavy atom. The Balaban J connectivity index is 1.53. The Morgan fingerprint density at radius 2 is 2.00 bits per heavy atom. The van der Waals surface area contributed by atoms with Crippen molar-refractivity contribution in [1.29, 1.82) is 0 Å². The van der Waals surface area contributed by atoms with E-state index in [1.807, 2.05) is 12.1 Å². The molecule has 0 amide bonds. The molecule has 3 heterocycles. The zero-order chi connectivity index (χ0) is 19.6. The molecule has 0 N–H and O–H groups in total. The lowest BCUT2D eigenvalue weighted by atomic mass is 10.2. The molecule has 2 aromatic heterocycles. The molecule has 0 bridgehead atoms. The van der Waals surface area contributed by atoms with Crippen molar-refractivity contribution >= 4 is 10.0 Å². The second-order valence-electron chi connectivity index (χ2n) is 6.47. The van der Waals surface area contributed by atoms with Gasteiger partial charge >= 0.3 is 0 Å². The molecule has 1 fully saturated rings. The van der Waals surface area contributed by atoms with Gasteiger partial charge < -0.3 is 4.74 Å². The third-order valence-electron chi connectivity index (χ3n) is 4.71. The molecule has 1 aromatic carbocycles. The van der Waals surface area contributed by atoms with Crippen LogP contribution in [0.2, 0.25) is 0 Å². The predicted octanol–water partition coefficient (Wildman–Crippen LogP) is 1.60. The minimum atomic E-state index is -3.60. The minimum Gasteiger partial charge on any atom is -0.497 e. The highest BCUT2D eigenvalue weighted by atomic mass is 32.2. The molecule has 146 valence electrons. The molecule has 0 saturated carbocycles. The number of aromatic nitrogens is 5. The van der Waals surface area contributed by atoms with Crippen LogP contribution in [-0.4, -0.2) is 57.6 Å². The van der Waals surface area contributed by atoms with Crippen molar-refractivity contribution in [2.24, 2.45) is 0 Å². The van der Waals surface area contributed by atoms with Crippen LogP contribution in [0.4, 0.5) is 0 Å². The molecule has 4 rings (SSSR count). The molecule has 0 radical (unpaired) electrons. The van der Waals surface area contributed by atoms with E-state index in [0.29, 0.717) is 30.4 Å². The summed E-state index contributed by atoms with van der Waals surface area (Å²) >= 11 is 0.